The summed E-state index contributed by atoms with van der Waals surface area (Å²) in [6, 6.07) is 6.48. The van der Waals surface area contributed by atoms with Crippen LogP contribution >= 0.6 is 0 Å². The Hall–Kier alpha value is -0.845. The van der Waals surface area contributed by atoms with Crippen molar-refractivity contribution in [1.29, 1.82) is 0 Å². The lowest BCUT2D eigenvalue weighted by atomic mass is 9.89. The van der Waals surface area contributed by atoms with E-state index in [9.17, 15) is 8.42 Å². The molecule has 1 aromatic rings. The Morgan fingerprint density at radius 2 is 1.94 bits per heavy atom. The van der Waals surface area contributed by atoms with E-state index in [-0.39, 0.29) is 12.4 Å². The molecule has 0 aliphatic carbocycles. The minimum absolute atomic E-state index is 0.136. The van der Waals surface area contributed by atoms with Gasteiger partial charge < -0.3 is 5.02 Å². The third-order valence-electron chi connectivity index (χ3n) is 2.78. The summed E-state index contributed by atoms with van der Waals surface area (Å²) in [4.78, 5) is 0.279. The first-order valence-corrected chi connectivity index (χ1v) is 6.78. The summed E-state index contributed by atoms with van der Waals surface area (Å²) in [5.74, 6) is 0. The maximum Gasteiger partial charge on any atom is 0.304 e. The van der Waals surface area contributed by atoms with Crippen LogP contribution in [-0.4, -0.2) is 38.3 Å². The van der Waals surface area contributed by atoms with Gasteiger partial charge in [0.15, 0.2) is 0 Å². The largest absolute Gasteiger partial charge is 0.449 e. The van der Waals surface area contributed by atoms with Crippen molar-refractivity contribution in [3.8, 4) is 0 Å². The summed E-state index contributed by atoms with van der Waals surface area (Å²) in [6.07, 6.45) is 1.86. The van der Waals surface area contributed by atoms with Crippen LogP contribution in [0, 0.1) is 0 Å². The van der Waals surface area contributed by atoms with Gasteiger partial charge in [-0.1, -0.05) is 17.6 Å². The van der Waals surface area contributed by atoms with E-state index in [1.54, 1.807) is 18.2 Å². The van der Waals surface area contributed by atoms with Gasteiger partial charge in [0.1, 0.15) is 0 Å². The topological polar surface area (TPSA) is 57.6 Å². The van der Waals surface area contributed by atoms with Gasteiger partial charge in [0.05, 0.1) is 4.90 Å². The average molecular weight is 239 g/mol. The van der Waals surface area contributed by atoms with E-state index < -0.39 is 10.0 Å². The Labute approximate surface area is 96.2 Å². The van der Waals surface area contributed by atoms with Crippen molar-refractivity contribution in [3.05, 3.63) is 24.3 Å². The monoisotopic (exact) mass is 239 g/mol. The summed E-state index contributed by atoms with van der Waals surface area (Å²) in [6.45, 7) is 1.21. The van der Waals surface area contributed by atoms with Gasteiger partial charge in [-0.25, -0.2) is 8.42 Å². The second-order valence-electron chi connectivity index (χ2n) is 3.92. The van der Waals surface area contributed by atoms with Gasteiger partial charge in [-0.15, -0.1) is 0 Å². The second kappa shape index (κ2) is 4.57. The highest BCUT2D eigenvalue weighted by molar-refractivity contribution is 7.89. The quantitative estimate of drug-likeness (QED) is 0.719. The van der Waals surface area contributed by atoms with Gasteiger partial charge in [0.2, 0.25) is 10.0 Å². The number of nitrogens with zero attached hydrogens (tertiary/aromatic N) is 1. The van der Waals surface area contributed by atoms with E-state index in [0.29, 0.717) is 18.6 Å². The molecule has 1 fully saturated rings. The Morgan fingerprint density at radius 1 is 1.25 bits per heavy atom. The lowest BCUT2D eigenvalue weighted by Gasteiger charge is -2.15. The first kappa shape index (κ1) is 11.6. The molecular weight excluding hydrogens is 225 g/mol. The van der Waals surface area contributed by atoms with Crippen LogP contribution in [0.15, 0.2) is 29.2 Å². The van der Waals surface area contributed by atoms with Crippen molar-refractivity contribution >= 4 is 23.0 Å². The van der Waals surface area contributed by atoms with E-state index in [4.69, 9.17) is 5.02 Å². The number of hydrogen-bond acceptors (Lipinski definition) is 3. The lowest BCUT2D eigenvalue weighted by Crippen LogP contribution is -2.29. The molecule has 1 aliphatic heterocycles. The van der Waals surface area contributed by atoms with Crippen molar-refractivity contribution in [2.75, 3.05) is 13.1 Å². The van der Waals surface area contributed by atoms with E-state index in [1.165, 1.54) is 10.4 Å². The van der Waals surface area contributed by atoms with E-state index >= 15 is 0 Å². The first-order valence-electron chi connectivity index (χ1n) is 5.34. The zero-order chi connectivity index (χ0) is 11.6. The molecule has 4 nitrogen and oxygen atoms in total. The number of rotatable bonds is 3. The highest BCUT2D eigenvalue weighted by atomic mass is 32.2. The Bertz CT molecular complexity index is 469. The molecule has 0 unspecified atom stereocenters. The normalized spacial score (nSPS) is 17.6. The molecule has 0 aromatic heterocycles. The Balaban J connectivity index is 2.34. The van der Waals surface area contributed by atoms with Crippen molar-refractivity contribution in [2.45, 2.75) is 17.7 Å². The maximum atomic E-state index is 12.1. The minimum Gasteiger partial charge on any atom is -0.449 e. The van der Waals surface area contributed by atoms with Gasteiger partial charge >= 0.3 is 7.48 Å². The third-order valence-corrected chi connectivity index (χ3v) is 4.68. The lowest BCUT2D eigenvalue weighted by molar-refractivity contribution is 0.477. The summed E-state index contributed by atoms with van der Waals surface area (Å²) in [7, 11) is -3.48. The number of sulfonamides is 1. The van der Waals surface area contributed by atoms with Crippen molar-refractivity contribution in [2.24, 2.45) is 0 Å². The summed E-state index contributed by atoms with van der Waals surface area (Å²) < 4.78 is 25.8. The average Bonchev–Trinajstić information content (AvgIpc) is 2.83. The van der Waals surface area contributed by atoms with Crippen molar-refractivity contribution < 1.29 is 13.4 Å². The van der Waals surface area contributed by atoms with Crippen LogP contribution in [0.2, 0.25) is 0 Å². The smallest absolute Gasteiger partial charge is 0.304 e. The standard InChI is InChI=1S/C10H14BNO3S/c13-11-9-4-3-5-10(8-9)16(14,15)12-6-1-2-7-12/h3-5,8,11,13H,1-2,6-7H2. The molecule has 0 amide bonds. The molecule has 2 rings (SSSR count). The van der Waals surface area contributed by atoms with E-state index in [2.05, 4.69) is 0 Å². The summed E-state index contributed by atoms with van der Waals surface area (Å²) >= 11 is 0. The van der Waals surface area contributed by atoms with Crippen LogP contribution in [0.25, 0.3) is 0 Å². The highest BCUT2D eigenvalue weighted by Crippen LogP contribution is 2.19. The third kappa shape index (κ3) is 2.14. The van der Waals surface area contributed by atoms with Gasteiger partial charge in [0.25, 0.3) is 0 Å². The zero-order valence-electron chi connectivity index (χ0n) is 8.96. The Morgan fingerprint density at radius 3 is 2.56 bits per heavy atom. The summed E-state index contributed by atoms with van der Waals surface area (Å²) in [5, 5.41) is 8.98. The molecule has 1 saturated heterocycles. The molecule has 1 aromatic carbocycles. The van der Waals surface area contributed by atoms with Crippen molar-refractivity contribution in [3.63, 3.8) is 0 Å². The van der Waals surface area contributed by atoms with Gasteiger partial charge in [-0.3, -0.25) is 0 Å². The van der Waals surface area contributed by atoms with Crippen LogP contribution in [0.1, 0.15) is 12.8 Å². The van der Waals surface area contributed by atoms with Crippen molar-refractivity contribution in [1.82, 2.24) is 4.31 Å². The highest BCUT2D eigenvalue weighted by Gasteiger charge is 2.26. The maximum absolute atomic E-state index is 12.1. The molecule has 0 radical (unpaired) electrons. The fraction of sp³-hybridized carbons (Fsp3) is 0.400. The van der Waals surface area contributed by atoms with Crippen LogP contribution < -0.4 is 5.46 Å². The molecule has 0 bridgehead atoms. The fourth-order valence-electron chi connectivity index (χ4n) is 1.88. The zero-order valence-corrected chi connectivity index (χ0v) is 9.78. The van der Waals surface area contributed by atoms with Gasteiger partial charge in [-0.05, 0) is 25.0 Å². The van der Waals surface area contributed by atoms with Gasteiger partial charge in [-0.2, -0.15) is 4.31 Å². The summed E-state index contributed by atoms with van der Waals surface area (Å²) in [5.41, 5.74) is 0.625. The predicted molar refractivity (Wildman–Crippen MR) is 63.4 cm³/mol. The molecule has 0 spiro atoms. The van der Waals surface area contributed by atoms with Crippen LogP contribution in [0.5, 0.6) is 0 Å². The molecule has 0 saturated carbocycles. The number of hydrogen-bond donors (Lipinski definition) is 1. The molecule has 86 valence electrons. The second-order valence-corrected chi connectivity index (χ2v) is 5.85. The van der Waals surface area contributed by atoms with E-state index in [0.717, 1.165) is 12.8 Å². The first-order chi connectivity index (χ1) is 7.64. The minimum atomic E-state index is -3.35. The molecule has 6 heteroatoms. The molecule has 16 heavy (non-hydrogen) atoms. The molecule has 1 N–H and O–H groups in total. The molecule has 0 atom stereocenters. The van der Waals surface area contributed by atoms with Crippen LogP contribution in [-0.2, 0) is 10.0 Å². The van der Waals surface area contributed by atoms with Gasteiger partial charge in [0, 0.05) is 13.1 Å². The molecular formula is C10H14BNO3S. The van der Waals surface area contributed by atoms with Crippen LogP contribution in [0.4, 0.5) is 0 Å². The Kier molecular flexibility index (Phi) is 3.32. The molecule has 1 aliphatic rings. The predicted octanol–water partition coefficient (Wildman–Crippen LogP) is -0.560. The van der Waals surface area contributed by atoms with Crippen LogP contribution in [0.3, 0.4) is 0 Å². The SMILES string of the molecule is O=S(=O)(c1cccc(BO)c1)N1CCCC1. The molecule has 1 heterocycles. The number of benzene rings is 1. The van der Waals surface area contributed by atoms with E-state index in [1.807, 2.05) is 0 Å². The fourth-order valence-corrected chi connectivity index (χ4v) is 3.47.